The Morgan fingerprint density at radius 1 is 0.969 bits per heavy atom. The summed E-state index contributed by atoms with van der Waals surface area (Å²) in [4.78, 5) is 28.3. The van der Waals surface area contributed by atoms with Crippen molar-refractivity contribution in [3.05, 3.63) is 65.7 Å². The molecule has 32 heavy (non-hydrogen) atoms. The summed E-state index contributed by atoms with van der Waals surface area (Å²) in [5.74, 6) is 0.959. The van der Waals surface area contributed by atoms with Gasteiger partial charge in [-0.1, -0.05) is 42.5 Å². The maximum absolute atomic E-state index is 13.0. The van der Waals surface area contributed by atoms with E-state index < -0.39 is 0 Å². The van der Waals surface area contributed by atoms with Crippen molar-refractivity contribution in [2.75, 3.05) is 27.2 Å². The fourth-order valence-corrected chi connectivity index (χ4v) is 4.70. The van der Waals surface area contributed by atoms with Crippen molar-refractivity contribution in [3.63, 3.8) is 0 Å². The summed E-state index contributed by atoms with van der Waals surface area (Å²) in [5.41, 5.74) is 2.10. The molecular weight excluding hydrogens is 404 g/mol. The van der Waals surface area contributed by atoms with Gasteiger partial charge < -0.3 is 14.3 Å². The molecule has 0 amide bonds. The Kier molecular flexibility index (Phi) is 7.35. The minimum absolute atomic E-state index is 0.00959. The summed E-state index contributed by atoms with van der Waals surface area (Å²) in [6, 6.07) is 17.7. The molecule has 170 valence electrons. The number of hydrogen-bond donors (Lipinski definition) is 0. The third-order valence-corrected chi connectivity index (χ3v) is 6.51. The van der Waals surface area contributed by atoms with Crippen LogP contribution in [0.1, 0.15) is 24.0 Å². The molecule has 4 atom stereocenters. The van der Waals surface area contributed by atoms with Gasteiger partial charge in [-0.25, -0.2) is 0 Å². The number of likely N-dealkylation sites (N-methyl/N-ethyl adjacent to an activating group) is 2. The average Bonchev–Trinajstić information content (AvgIpc) is 3.34. The van der Waals surface area contributed by atoms with Gasteiger partial charge in [0, 0.05) is 25.9 Å². The van der Waals surface area contributed by atoms with Gasteiger partial charge in [-0.15, -0.1) is 0 Å². The molecule has 0 aromatic heterocycles. The van der Waals surface area contributed by atoms with E-state index in [1.165, 1.54) is 0 Å². The Balaban J connectivity index is 1.30. The molecule has 0 radical (unpaired) electrons. The third kappa shape index (κ3) is 5.63. The maximum Gasteiger partial charge on any atom is 0.154 e. The summed E-state index contributed by atoms with van der Waals surface area (Å²) in [6.45, 7) is 2.06. The van der Waals surface area contributed by atoms with Crippen LogP contribution >= 0.6 is 0 Å². The molecule has 6 heteroatoms. The van der Waals surface area contributed by atoms with E-state index in [0.29, 0.717) is 19.4 Å². The first kappa shape index (κ1) is 22.6. The quantitative estimate of drug-likeness (QED) is 0.564. The molecule has 0 N–H and O–H groups in total. The molecule has 4 rings (SSSR count). The van der Waals surface area contributed by atoms with Crippen LogP contribution in [0.25, 0.3) is 0 Å². The zero-order valence-corrected chi connectivity index (χ0v) is 18.9. The lowest BCUT2D eigenvalue weighted by Crippen LogP contribution is -2.33. The highest BCUT2D eigenvalue weighted by molar-refractivity contribution is 5.86. The van der Waals surface area contributed by atoms with Crippen molar-refractivity contribution in [1.82, 2.24) is 9.80 Å². The SMILES string of the molecule is CN1C[C@@H](Oc2cccc(CC(=O)[C@@H]3C[C@H](OCc4ccccc4)CN3C)c2)C[C@H]1C=O. The Hall–Kier alpha value is -2.54. The van der Waals surface area contributed by atoms with Gasteiger partial charge in [0.25, 0.3) is 0 Å². The summed E-state index contributed by atoms with van der Waals surface area (Å²) >= 11 is 0. The van der Waals surface area contributed by atoms with Gasteiger partial charge in [-0.2, -0.15) is 0 Å². The maximum atomic E-state index is 13.0. The first-order valence-corrected chi connectivity index (χ1v) is 11.3. The number of Topliss-reactive ketones (excluding diaryl/α,β-unsaturated/α-hetero) is 1. The van der Waals surface area contributed by atoms with Gasteiger partial charge in [0.15, 0.2) is 5.78 Å². The number of hydrogen-bond acceptors (Lipinski definition) is 6. The third-order valence-electron chi connectivity index (χ3n) is 6.51. The molecule has 0 aliphatic carbocycles. The van der Waals surface area contributed by atoms with E-state index in [4.69, 9.17) is 9.47 Å². The minimum atomic E-state index is -0.128. The molecule has 2 aromatic rings. The summed E-state index contributed by atoms with van der Waals surface area (Å²) in [5, 5.41) is 0. The number of carbonyl (C=O) groups excluding carboxylic acids is 2. The van der Waals surface area contributed by atoms with E-state index in [0.717, 1.165) is 42.7 Å². The zero-order chi connectivity index (χ0) is 22.5. The number of carbonyl (C=O) groups is 2. The van der Waals surface area contributed by atoms with Crippen LogP contribution in [-0.4, -0.2) is 73.3 Å². The molecule has 0 unspecified atom stereocenters. The van der Waals surface area contributed by atoms with Crippen LogP contribution in [-0.2, 0) is 27.4 Å². The monoisotopic (exact) mass is 436 g/mol. The number of aldehydes is 1. The molecule has 6 nitrogen and oxygen atoms in total. The van der Waals surface area contributed by atoms with Crippen molar-refractivity contribution < 1.29 is 19.1 Å². The predicted molar refractivity (Wildman–Crippen MR) is 123 cm³/mol. The van der Waals surface area contributed by atoms with Crippen molar-refractivity contribution in [2.24, 2.45) is 0 Å². The minimum Gasteiger partial charge on any atom is -0.489 e. The molecule has 2 aromatic carbocycles. The van der Waals surface area contributed by atoms with Crippen LogP contribution in [0.5, 0.6) is 5.75 Å². The average molecular weight is 437 g/mol. The lowest BCUT2D eigenvalue weighted by atomic mass is 10.0. The van der Waals surface area contributed by atoms with Gasteiger partial charge in [0.1, 0.15) is 18.1 Å². The van der Waals surface area contributed by atoms with Crippen molar-refractivity contribution in [3.8, 4) is 5.75 Å². The van der Waals surface area contributed by atoms with Gasteiger partial charge in [0.05, 0.1) is 24.8 Å². The molecule has 0 spiro atoms. The van der Waals surface area contributed by atoms with Gasteiger partial charge in [-0.3, -0.25) is 14.6 Å². The topological polar surface area (TPSA) is 59.1 Å². The van der Waals surface area contributed by atoms with E-state index in [9.17, 15) is 9.59 Å². The predicted octanol–water partition coefficient (Wildman–Crippen LogP) is 2.74. The largest absolute Gasteiger partial charge is 0.489 e. The first-order chi connectivity index (χ1) is 15.5. The van der Waals surface area contributed by atoms with E-state index in [-0.39, 0.29) is 30.1 Å². The van der Waals surface area contributed by atoms with Crippen molar-refractivity contribution >= 4 is 12.1 Å². The highest BCUT2D eigenvalue weighted by Gasteiger charge is 2.35. The number of benzene rings is 2. The standard InChI is InChI=1S/C26H32N2O4/c1-27-16-24(13-21(27)17-29)32-22-10-6-9-20(11-22)12-26(30)25-14-23(15-28(25)2)31-18-19-7-4-3-5-8-19/h3-11,17,21,23-25H,12-16,18H2,1-2H3/t21-,23-,24-,25-/m0/s1. The number of ketones is 1. The zero-order valence-electron chi connectivity index (χ0n) is 18.9. The van der Waals surface area contributed by atoms with Crippen LogP contribution in [0, 0.1) is 0 Å². The van der Waals surface area contributed by atoms with E-state index in [1.54, 1.807) is 0 Å². The van der Waals surface area contributed by atoms with Gasteiger partial charge in [0.2, 0.25) is 0 Å². The molecule has 2 fully saturated rings. The molecule has 2 saturated heterocycles. The van der Waals surface area contributed by atoms with Crippen molar-refractivity contribution in [2.45, 2.75) is 50.2 Å². The number of rotatable bonds is 9. The van der Waals surface area contributed by atoms with Gasteiger partial charge >= 0.3 is 0 Å². The summed E-state index contributed by atoms with van der Waals surface area (Å²) in [6.07, 6.45) is 2.82. The summed E-state index contributed by atoms with van der Waals surface area (Å²) < 4.78 is 12.2. The second-order valence-corrected chi connectivity index (χ2v) is 9.02. The van der Waals surface area contributed by atoms with Crippen LogP contribution in [0.3, 0.4) is 0 Å². The fraction of sp³-hybridized carbons (Fsp3) is 0.462. The van der Waals surface area contributed by atoms with Crippen LogP contribution in [0.15, 0.2) is 54.6 Å². The molecular formula is C26H32N2O4. The Bertz CT molecular complexity index is 919. The Morgan fingerprint density at radius 3 is 2.47 bits per heavy atom. The number of likely N-dealkylation sites (tertiary alicyclic amines) is 2. The molecule has 2 aliphatic heterocycles. The lowest BCUT2D eigenvalue weighted by Gasteiger charge is -2.18. The van der Waals surface area contributed by atoms with E-state index in [2.05, 4.69) is 17.0 Å². The molecule has 2 aliphatic rings. The van der Waals surface area contributed by atoms with Crippen LogP contribution < -0.4 is 4.74 Å². The number of nitrogens with zero attached hydrogens (tertiary/aromatic N) is 2. The van der Waals surface area contributed by atoms with E-state index >= 15 is 0 Å². The Labute approximate surface area is 190 Å². The van der Waals surface area contributed by atoms with E-state index in [1.807, 2.05) is 61.5 Å². The molecule has 0 saturated carbocycles. The summed E-state index contributed by atoms with van der Waals surface area (Å²) in [7, 11) is 3.93. The van der Waals surface area contributed by atoms with Crippen LogP contribution in [0.4, 0.5) is 0 Å². The molecule has 2 heterocycles. The smallest absolute Gasteiger partial charge is 0.154 e. The van der Waals surface area contributed by atoms with Crippen molar-refractivity contribution in [1.29, 1.82) is 0 Å². The lowest BCUT2D eigenvalue weighted by molar-refractivity contribution is -0.122. The first-order valence-electron chi connectivity index (χ1n) is 11.3. The second kappa shape index (κ2) is 10.4. The van der Waals surface area contributed by atoms with Crippen LogP contribution in [0.2, 0.25) is 0 Å². The number of ether oxygens (including phenoxy) is 2. The normalized spacial score (nSPS) is 26.3. The second-order valence-electron chi connectivity index (χ2n) is 9.02. The Morgan fingerprint density at radius 2 is 1.72 bits per heavy atom. The highest BCUT2D eigenvalue weighted by Crippen LogP contribution is 2.25. The fourth-order valence-electron chi connectivity index (χ4n) is 4.70. The highest BCUT2D eigenvalue weighted by atomic mass is 16.5. The molecule has 0 bridgehead atoms. The van der Waals surface area contributed by atoms with Gasteiger partial charge in [-0.05, 0) is 43.8 Å².